The van der Waals surface area contributed by atoms with E-state index in [1.165, 1.54) is 0 Å². The molecule has 0 saturated heterocycles. The van der Waals surface area contributed by atoms with E-state index in [9.17, 15) is 9.59 Å². The van der Waals surface area contributed by atoms with Crippen molar-refractivity contribution >= 4 is 11.8 Å². The van der Waals surface area contributed by atoms with Gasteiger partial charge in [0.25, 0.3) is 0 Å². The van der Waals surface area contributed by atoms with Gasteiger partial charge in [-0.3, -0.25) is 9.59 Å². The van der Waals surface area contributed by atoms with Crippen LogP contribution >= 0.6 is 0 Å². The van der Waals surface area contributed by atoms with Gasteiger partial charge in [-0.25, -0.2) is 0 Å². The maximum absolute atomic E-state index is 12.3. The van der Waals surface area contributed by atoms with Crippen molar-refractivity contribution in [2.24, 2.45) is 11.3 Å². The summed E-state index contributed by atoms with van der Waals surface area (Å²) in [4.78, 5) is 24.6. The van der Waals surface area contributed by atoms with Crippen molar-refractivity contribution in [1.82, 2.24) is 0 Å². The highest BCUT2D eigenvalue weighted by Gasteiger charge is 2.50. The Bertz CT molecular complexity index is 620. The lowest BCUT2D eigenvalue weighted by Gasteiger charge is -2.41. The molecule has 1 saturated carbocycles. The third-order valence-electron chi connectivity index (χ3n) is 4.83. The fraction of sp³-hybridized carbons (Fsp3) is 0.474. The van der Waals surface area contributed by atoms with E-state index < -0.39 is 5.41 Å². The quantitative estimate of drug-likeness (QED) is 0.782. The van der Waals surface area contributed by atoms with Crippen LogP contribution in [0.2, 0.25) is 0 Å². The summed E-state index contributed by atoms with van der Waals surface area (Å²) in [5, 5.41) is 0. The van der Waals surface area contributed by atoms with Gasteiger partial charge in [0.05, 0.1) is 17.9 Å². The normalized spacial score (nSPS) is 26.4. The summed E-state index contributed by atoms with van der Waals surface area (Å²) >= 11 is 0. The minimum absolute atomic E-state index is 0.170. The fourth-order valence-corrected chi connectivity index (χ4v) is 3.48. The molecule has 1 aromatic rings. The average Bonchev–Trinajstić information content (AvgIpc) is 2.59. The van der Waals surface area contributed by atoms with Crippen molar-refractivity contribution in [1.29, 1.82) is 0 Å². The van der Waals surface area contributed by atoms with Crippen LogP contribution in [0.4, 0.5) is 0 Å². The lowest BCUT2D eigenvalue weighted by molar-refractivity contribution is -0.160. The van der Waals surface area contributed by atoms with Gasteiger partial charge in [-0.05, 0) is 37.8 Å². The number of carbonyl (C=O) groups excluding carboxylic acids is 2. The van der Waals surface area contributed by atoms with Gasteiger partial charge < -0.3 is 9.47 Å². The van der Waals surface area contributed by atoms with E-state index in [0.29, 0.717) is 38.9 Å². The monoisotopic (exact) mass is 314 g/mol. The lowest BCUT2D eigenvalue weighted by atomic mass is 9.63. The molecule has 23 heavy (non-hydrogen) atoms. The standard InChI is InChI=1S/C19H22O4/c1-2-22-18(21)19-10-8-16(20)15(12-19)17(9-11-19)23-13-14-6-4-3-5-7-14/h3-7,9,15H,2,8,10-13H2,1H3/t15?,19-/m1/s1. The zero-order chi connectivity index (χ0) is 16.3. The third-order valence-corrected chi connectivity index (χ3v) is 4.83. The minimum Gasteiger partial charge on any atom is -0.493 e. The van der Waals surface area contributed by atoms with Gasteiger partial charge in [0.15, 0.2) is 0 Å². The van der Waals surface area contributed by atoms with Crippen molar-refractivity contribution in [2.75, 3.05) is 6.61 Å². The Hall–Kier alpha value is -2.10. The smallest absolute Gasteiger partial charge is 0.312 e. The van der Waals surface area contributed by atoms with Gasteiger partial charge in [0.1, 0.15) is 18.1 Å². The Kier molecular flexibility index (Phi) is 4.51. The summed E-state index contributed by atoms with van der Waals surface area (Å²) in [5.41, 5.74) is 0.535. The van der Waals surface area contributed by atoms with E-state index in [2.05, 4.69) is 0 Å². The molecule has 2 aliphatic rings. The number of ether oxygens (including phenoxy) is 2. The zero-order valence-corrected chi connectivity index (χ0v) is 13.4. The van der Waals surface area contributed by atoms with E-state index >= 15 is 0 Å². The molecule has 0 amide bonds. The van der Waals surface area contributed by atoms with E-state index in [1.807, 2.05) is 43.3 Å². The summed E-state index contributed by atoms with van der Waals surface area (Å²) in [5.74, 6) is 0.420. The second-order valence-corrected chi connectivity index (χ2v) is 6.31. The maximum atomic E-state index is 12.3. The van der Waals surface area contributed by atoms with Gasteiger partial charge in [-0.15, -0.1) is 0 Å². The Labute approximate surface area is 136 Å². The highest BCUT2D eigenvalue weighted by Crippen LogP contribution is 2.48. The van der Waals surface area contributed by atoms with E-state index in [4.69, 9.17) is 9.47 Å². The highest BCUT2D eigenvalue weighted by molar-refractivity contribution is 5.88. The molecule has 122 valence electrons. The lowest BCUT2D eigenvalue weighted by Crippen LogP contribution is -2.44. The molecule has 1 unspecified atom stereocenters. The molecule has 0 N–H and O–H groups in total. The van der Waals surface area contributed by atoms with Crippen LogP contribution in [0.15, 0.2) is 42.2 Å². The fourth-order valence-electron chi connectivity index (χ4n) is 3.48. The number of hydrogen-bond acceptors (Lipinski definition) is 4. The number of rotatable bonds is 5. The molecule has 2 aliphatic carbocycles. The molecule has 1 fully saturated rings. The minimum atomic E-state index is -0.534. The number of hydrogen-bond donors (Lipinski definition) is 0. The Morgan fingerprint density at radius 2 is 2.09 bits per heavy atom. The van der Waals surface area contributed by atoms with Crippen molar-refractivity contribution in [2.45, 2.75) is 39.2 Å². The first-order chi connectivity index (χ1) is 11.1. The van der Waals surface area contributed by atoms with Gasteiger partial charge in [-0.2, -0.15) is 0 Å². The summed E-state index contributed by atoms with van der Waals surface area (Å²) in [6.45, 7) is 2.64. The van der Waals surface area contributed by atoms with Crippen LogP contribution in [0.25, 0.3) is 0 Å². The van der Waals surface area contributed by atoms with Gasteiger partial charge in [-0.1, -0.05) is 30.3 Å². The van der Waals surface area contributed by atoms with Crippen molar-refractivity contribution in [3.05, 3.63) is 47.7 Å². The molecular weight excluding hydrogens is 292 g/mol. The van der Waals surface area contributed by atoms with Crippen LogP contribution in [0.1, 0.15) is 38.2 Å². The number of allylic oxidation sites excluding steroid dienone is 2. The third kappa shape index (κ3) is 3.16. The molecule has 2 bridgehead atoms. The number of Topliss-reactive ketones (excluding diaryl/α,β-unsaturated/α-hetero) is 1. The first-order valence-electron chi connectivity index (χ1n) is 8.21. The van der Waals surface area contributed by atoms with Crippen LogP contribution in [-0.4, -0.2) is 18.4 Å². The van der Waals surface area contributed by atoms with Gasteiger partial charge >= 0.3 is 5.97 Å². The van der Waals surface area contributed by atoms with Gasteiger partial charge in [0.2, 0.25) is 0 Å². The van der Waals surface area contributed by atoms with Crippen LogP contribution in [0, 0.1) is 11.3 Å². The van der Waals surface area contributed by atoms with Crippen molar-refractivity contribution < 1.29 is 19.1 Å². The number of carbonyl (C=O) groups is 2. The molecule has 2 atom stereocenters. The summed E-state index contributed by atoms with van der Waals surface area (Å²) in [7, 11) is 0. The first-order valence-corrected chi connectivity index (χ1v) is 8.21. The SMILES string of the molecule is CCOC(=O)[C@]12CC=C(OCc3ccccc3)C(C1)C(=O)CC2. The first kappa shape index (κ1) is 15.8. The van der Waals surface area contributed by atoms with Crippen LogP contribution in [-0.2, 0) is 25.7 Å². The van der Waals surface area contributed by atoms with Gasteiger partial charge in [0, 0.05) is 6.42 Å². The second kappa shape index (κ2) is 6.57. The molecule has 0 spiro atoms. The molecule has 1 aromatic carbocycles. The predicted octanol–water partition coefficient (Wildman–Crippen LogP) is 3.41. The molecule has 4 nitrogen and oxygen atoms in total. The zero-order valence-electron chi connectivity index (χ0n) is 13.4. The Balaban J connectivity index is 1.74. The van der Waals surface area contributed by atoms with Crippen molar-refractivity contribution in [3.8, 4) is 0 Å². The summed E-state index contributed by atoms with van der Waals surface area (Å²) in [6, 6.07) is 9.88. The van der Waals surface area contributed by atoms with Crippen molar-refractivity contribution in [3.63, 3.8) is 0 Å². The number of esters is 1. The summed E-state index contributed by atoms with van der Waals surface area (Å²) in [6.07, 6.45) is 4.05. The molecular formula is C19H22O4. The van der Waals surface area contributed by atoms with E-state index in [1.54, 1.807) is 0 Å². The van der Waals surface area contributed by atoms with Crippen LogP contribution in [0.3, 0.4) is 0 Å². The molecule has 0 radical (unpaired) electrons. The molecule has 0 aromatic heterocycles. The second-order valence-electron chi connectivity index (χ2n) is 6.31. The molecule has 0 aliphatic heterocycles. The number of fused-ring (bicyclic) bond motifs is 2. The molecule has 4 heteroatoms. The van der Waals surface area contributed by atoms with E-state index in [0.717, 1.165) is 11.3 Å². The molecule has 0 heterocycles. The molecule has 3 rings (SSSR count). The predicted molar refractivity (Wildman–Crippen MR) is 85.3 cm³/mol. The number of ketones is 1. The van der Waals surface area contributed by atoms with Crippen LogP contribution < -0.4 is 0 Å². The highest BCUT2D eigenvalue weighted by atomic mass is 16.5. The largest absolute Gasteiger partial charge is 0.493 e. The topological polar surface area (TPSA) is 52.6 Å². The van der Waals surface area contributed by atoms with E-state index in [-0.39, 0.29) is 17.7 Å². The Morgan fingerprint density at radius 3 is 2.83 bits per heavy atom. The summed E-state index contributed by atoms with van der Waals surface area (Å²) < 4.78 is 11.1. The average molecular weight is 314 g/mol. The maximum Gasteiger partial charge on any atom is 0.312 e. The Morgan fingerprint density at radius 1 is 1.30 bits per heavy atom. The number of benzene rings is 1. The van der Waals surface area contributed by atoms with Crippen LogP contribution in [0.5, 0.6) is 0 Å².